The molecule has 0 saturated carbocycles. The van der Waals surface area contributed by atoms with Crippen LogP contribution in [0.3, 0.4) is 0 Å². The number of nitrogens with zero attached hydrogens (tertiary/aromatic N) is 4. The van der Waals surface area contributed by atoms with E-state index in [0.29, 0.717) is 18.1 Å². The maximum absolute atomic E-state index is 12.1. The van der Waals surface area contributed by atoms with Crippen LogP contribution in [0, 0.1) is 0 Å². The fourth-order valence-corrected chi connectivity index (χ4v) is 3.49. The molecule has 10 heteroatoms. The van der Waals surface area contributed by atoms with Crippen LogP contribution in [0.15, 0.2) is 40.8 Å². The van der Waals surface area contributed by atoms with Gasteiger partial charge in [-0.15, -0.1) is 11.3 Å². The minimum Gasteiger partial charge on any atom is -0.370 e. The summed E-state index contributed by atoms with van der Waals surface area (Å²) in [6.45, 7) is 2.35. The number of benzene rings is 1. The second-order valence-electron chi connectivity index (χ2n) is 6.39. The third-order valence-corrected chi connectivity index (χ3v) is 5.11. The molecule has 0 unspecified atom stereocenters. The number of ether oxygens (including phenoxy) is 1. The molecule has 0 radical (unpaired) electrons. The SMILES string of the molecule is NC(=NCc1ccc(COCC(F)(F)F)cc1)N1CCN(c2nccs2)CC1. The summed E-state index contributed by atoms with van der Waals surface area (Å²) in [5, 5.41) is 2.99. The number of hydrogen-bond acceptors (Lipinski definition) is 5. The van der Waals surface area contributed by atoms with Gasteiger partial charge in [0.05, 0.1) is 13.2 Å². The topological polar surface area (TPSA) is 67.0 Å². The van der Waals surface area contributed by atoms with Crippen molar-refractivity contribution in [3.05, 3.63) is 47.0 Å². The van der Waals surface area contributed by atoms with E-state index >= 15 is 0 Å². The standard InChI is InChI=1S/C18H22F3N5OS/c19-18(20,21)13-27-12-15-3-1-14(2-4-15)11-24-16(22)25-6-8-26(9-7-25)17-23-5-10-28-17/h1-5,10H,6-9,11-13H2,(H2,22,24). The molecule has 1 aromatic carbocycles. The predicted molar refractivity (Wildman–Crippen MR) is 103 cm³/mol. The van der Waals surface area contributed by atoms with Crippen molar-refractivity contribution in [3.63, 3.8) is 0 Å². The molecule has 0 bridgehead atoms. The van der Waals surface area contributed by atoms with Gasteiger partial charge in [0.25, 0.3) is 0 Å². The Morgan fingerprint density at radius 2 is 1.82 bits per heavy atom. The van der Waals surface area contributed by atoms with Crippen molar-refractivity contribution >= 4 is 22.4 Å². The number of piperazine rings is 1. The van der Waals surface area contributed by atoms with Crippen LogP contribution in [0.25, 0.3) is 0 Å². The maximum Gasteiger partial charge on any atom is 0.411 e. The van der Waals surface area contributed by atoms with Crippen LogP contribution in [-0.4, -0.2) is 54.8 Å². The van der Waals surface area contributed by atoms with Gasteiger partial charge < -0.3 is 20.3 Å². The van der Waals surface area contributed by atoms with Crippen LogP contribution in [-0.2, 0) is 17.9 Å². The molecule has 0 spiro atoms. The van der Waals surface area contributed by atoms with Crippen molar-refractivity contribution < 1.29 is 17.9 Å². The van der Waals surface area contributed by atoms with Crippen molar-refractivity contribution in [2.75, 3.05) is 37.7 Å². The Labute approximate surface area is 165 Å². The largest absolute Gasteiger partial charge is 0.411 e. The minimum absolute atomic E-state index is 0.0748. The Balaban J connectivity index is 1.44. The minimum atomic E-state index is -4.31. The van der Waals surface area contributed by atoms with Crippen LogP contribution in [0.5, 0.6) is 0 Å². The molecule has 1 aliphatic rings. The number of hydrogen-bond donors (Lipinski definition) is 1. The molecular weight excluding hydrogens is 391 g/mol. The van der Waals surface area contributed by atoms with Crippen LogP contribution >= 0.6 is 11.3 Å². The Bertz CT molecular complexity index is 757. The molecule has 28 heavy (non-hydrogen) atoms. The fourth-order valence-electron chi connectivity index (χ4n) is 2.80. The van der Waals surface area contributed by atoms with Crippen molar-refractivity contribution in [1.82, 2.24) is 9.88 Å². The maximum atomic E-state index is 12.1. The Morgan fingerprint density at radius 3 is 2.43 bits per heavy atom. The first kappa shape index (κ1) is 20.4. The molecule has 1 fully saturated rings. The van der Waals surface area contributed by atoms with Gasteiger partial charge in [0, 0.05) is 37.8 Å². The highest BCUT2D eigenvalue weighted by atomic mass is 32.1. The Morgan fingerprint density at radius 1 is 1.14 bits per heavy atom. The number of halogens is 3. The zero-order valence-electron chi connectivity index (χ0n) is 15.2. The first-order chi connectivity index (χ1) is 13.4. The number of alkyl halides is 3. The van der Waals surface area contributed by atoms with Gasteiger partial charge in [-0.1, -0.05) is 24.3 Å². The van der Waals surface area contributed by atoms with E-state index in [0.717, 1.165) is 36.9 Å². The van der Waals surface area contributed by atoms with E-state index in [1.807, 2.05) is 22.4 Å². The Hall–Kier alpha value is -2.33. The zero-order chi connectivity index (χ0) is 20.0. The quantitative estimate of drug-likeness (QED) is 0.583. The lowest BCUT2D eigenvalue weighted by Crippen LogP contribution is -2.51. The average Bonchev–Trinajstić information content (AvgIpc) is 3.21. The summed E-state index contributed by atoms with van der Waals surface area (Å²) in [6, 6.07) is 7.13. The summed E-state index contributed by atoms with van der Waals surface area (Å²) >= 11 is 1.62. The van der Waals surface area contributed by atoms with Gasteiger partial charge in [-0.05, 0) is 11.1 Å². The molecule has 152 valence electrons. The van der Waals surface area contributed by atoms with E-state index in [1.165, 1.54) is 0 Å². The first-order valence-corrected chi connectivity index (χ1v) is 9.70. The molecule has 2 aromatic rings. The molecule has 3 rings (SSSR count). The third-order valence-electron chi connectivity index (χ3n) is 4.27. The molecule has 1 aliphatic heterocycles. The lowest BCUT2D eigenvalue weighted by Gasteiger charge is -2.35. The number of aromatic nitrogens is 1. The summed E-state index contributed by atoms with van der Waals surface area (Å²) < 4.78 is 40.9. The second-order valence-corrected chi connectivity index (χ2v) is 7.26. The highest BCUT2D eigenvalue weighted by molar-refractivity contribution is 7.13. The number of nitrogens with two attached hydrogens (primary N) is 1. The highest BCUT2D eigenvalue weighted by Gasteiger charge is 2.27. The highest BCUT2D eigenvalue weighted by Crippen LogP contribution is 2.19. The summed E-state index contributed by atoms with van der Waals surface area (Å²) in [5.74, 6) is 0.497. The smallest absolute Gasteiger partial charge is 0.370 e. The van der Waals surface area contributed by atoms with E-state index in [2.05, 4.69) is 19.6 Å². The van der Waals surface area contributed by atoms with Crippen molar-refractivity contribution in [2.45, 2.75) is 19.3 Å². The van der Waals surface area contributed by atoms with Crippen LogP contribution < -0.4 is 10.6 Å². The monoisotopic (exact) mass is 413 g/mol. The van der Waals surface area contributed by atoms with Crippen molar-refractivity contribution in [2.24, 2.45) is 10.7 Å². The van der Waals surface area contributed by atoms with Gasteiger partial charge >= 0.3 is 6.18 Å². The number of guanidine groups is 1. The molecule has 0 amide bonds. The number of anilines is 1. The third kappa shape index (κ3) is 6.10. The van der Waals surface area contributed by atoms with E-state index in [9.17, 15) is 13.2 Å². The number of aliphatic imine (C=N–C) groups is 1. The van der Waals surface area contributed by atoms with Gasteiger partial charge in [-0.25, -0.2) is 9.98 Å². The molecule has 1 aromatic heterocycles. The summed E-state index contributed by atoms with van der Waals surface area (Å²) in [7, 11) is 0. The van der Waals surface area contributed by atoms with Gasteiger partial charge in [-0.2, -0.15) is 13.2 Å². The van der Waals surface area contributed by atoms with E-state index in [4.69, 9.17) is 5.73 Å². The van der Waals surface area contributed by atoms with Crippen LogP contribution in [0.1, 0.15) is 11.1 Å². The molecule has 2 N–H and O–H groups in total. The molecule has 0 aliphatic carbocycles. The van der Waals surface area contributed by atoms with E-state index < -0.39 is 12.8 Å². The van der Waals surface area contributed by atoms with Gasteiger partial charge in [0.2, 0.25) is 0 Å². The van der Waals surface area contributed by atoms with Crippen LogP contribution in [0.2, 0.25) is 0 Å². The summed E-state index contributed by atoms with van der Waals surface area (Å²) in [6.07, 6.45) is -2.51. The fraction of sp³-hybridized carbons (Fsp3) is 0.444. The molecule has 0 atom stereocenters. The second kappa shape index (κ2) is 9.24. The first-order valence-electron chi connectivity index (χ1n) is 8.82. The molecule has 1 saturated heterocycles. The van der Waals surface area contributed by atoms with Gasteiger partial charge in [0.1, 0.15) is 6.61 Å². The van der Waals surface area contributed by atoms with Crippen molar-refractivity contribution in [1.29, 1.82) is 0 Å². The van der Waals surface area contributed by atoms with E-state index in [1.54, 1.807) is 29.7 Å². The zero-order valence-corrected chi connectivity index (χ0v) is 16.0. The van der Waals surface area contributed by atoms with Gasteiger partial charge in [0.15, 0.2) is 11.1 Å². The summed E-state index contributed by atoms with van der Waals surface area (Å²) in [5.41, 5.74) is 7.73. The van der Waals surface area contributed by atoms with Crippen LogP contribution in [0.4, 0.5) is 18.3 Å². The van der Waals surface area contributed by atoms with E-state index in [-0.39, 0.29) is 6.61 Å². The average molecular weight is 413 g/mol. The number of rotatable bonds is 6. The molecule has 2 heterocycles. The Kier molecular flexibility index (Phi) is 6.74. The molecular formula is C18H22F3N5OS. The predicted octanol–water partition coefficient (Wildman–Crippen LogP) is 2.86. The number of thiazole rings is 1. The van der Waals surface area contributed by atoms with Gasteiger partial charge in [-0.3, -0.25) is 0 Å². The lowest BCUT2D eigenvalue weighted by atomic mass is 10.1. The normalized spacial score (nSPS) is 15.9. The lowest BCUT2D eigenvalue weighted by molar-refractivity contribution is -0.176. The summed E-state index contributed by atoms with van der Waals surface area (Å²) in [4.78, 5) is 13.0. The van der Waals surface area contributed by atoms with Crippen molar-refractivity contribution in [3.8, 4) is 0 Å². The molecule has 6 nitrogen and oxygen atoms in total.